The third-order valence-electron chi connectivity index (χ3n) is 4.84. The van der Waals surface area contributed by atoms with Gasteiger partial charge in [-0.2, -0.15) is 0 Å². The molecule has 3 rings (SSSR count). The van der Waals surface area contributed by atoms with Crippen LogP contribution < -0.4 is 10.6 Å². The van der Waals surface area contributed by atoms with E-state index in [4.69, 9.17) is 17.3 Å². The molecule has 1 spiro atoms. The molecule has 1 aliphatic carbocycles. The standard InChI is InChI=1S/C16H22ClN3/c1-11-8-15(2,3)9-16(11)10-19-14(18)20(16)13-7-5-4-6-12(13)17/h4-7,11H,8-10H2,1-3H3,(H2,18,19). The van der Waals surface area contributed by atoms with Gasteiger partial charge in [0.15, 0.2) is 5.96 Å². The minimum atomic E-state index is -0.0153. The summed E-state index contributed by atoms with van der Waals surface area (Å²) >= 11 is 6.40. The Balaban J connectivity index is 2.08. The minimum absolute atomic E-state index is 0.0153. The molecule has 2 aliphatic rings. The molecule has 1 aromatic carbocycles. The highest BCUT2D eigenvalue weighted by Crippen LogP contribution is 2.53. The lowest BCUT2D eigenvalue weighted by atomic mass is 9.85. The van der Waals surface area contributed by atoms with Gasteiger partial charge in [0.05, 0.1) is 22.8 Å². The highest BCUT2D eigenvalue weighted by molar-refractivity contribution is 6.34. The summed E-state index contributed by atoms with van der Waals surface area (Å²) in [4.78, 5) is 6.74. The lowest BCUT2D eigenvalue weighted by Gasteiger charge is -2.40. The molecule has 1 fully saturated rings. The van der Waals surface area contributed by atoms with E-state index < -0.39 is 0 Å². The Morgan fingerprint density at radius 3 is 2.65 bits per heavy atom. The first-order chi connectivity index (χ1) is 9.36. The Bertz CT molecular complexity index is 567. The van der Waals surface area contributed by atoms with Crippen molar-refractivity contribution in [2.75, 3.05) is 11.4 Å². The predicted molar refractivity (Wildman–Crippen MR) is 85.3 cm³/mol. The largest absolute Gasteiger partial charge is 0.369 e. The van der Waals surface area contributed by atoms with E-state index in [1.807, 2.05) is 24.3 Å². The molecule has 0 saturated heterocycles. The summed E-state index contributed by atoms with van der Waals surface area (Å²) in [5, 5.41) is 0.740. The molecule has 4 heteroatoms. The van der Waals surface area contributed by atoms with Crippen LogP contribution in [-0.2, 0) is 0 Å². The number of halogens is 1. The number of hydrogen-bond donors (Lipinski definition) is 1. The summed E-state index contributed by atoms with van der Waals surface area (Å²) in [5.41, 5.74) is 7.49. The summed E-state index contributed by atoms with van der Waals surface area (Å²) in [7, 11) is 0. The van der Waals surface area contributed by atoms with E-state index in [0.29, 0.717) is 17.3 Å². The molecule has 0 aromatic heterocycles. The normalized spacial score (nSPS) is 31.9. The highest BCUT2D eigenvalue weighted by atomic mass is 35.5. The molecule has 0 bridgehead atoms. The number of para-hydroxylation sites is 1. The van der Waals surface area contributed by atoms with Crippen LogP contribution in [0.1, 0.15) is 33.6 Å². The molecule has 1 aromatic rings. The van der Waals surface area contributed by atoms with Crippen LogP contribution in [0.25, 0.3) is 0 Å². The van der Waals surface area contributed by atoms with Crippen molar-refractivity contribution in [2.45, 2.75) is 39.2 Å². The number of anilines is 1. The molecule has 2 unspecified atom stereocenters. The van der Waals surface area contributed by atoms with Crippen LogP contribution in [0.5, 0.6) is 0 Å². The summed E-state index contributed by atoms with van der Waals surface area (Å²) in [6.45, 7) is 7.75. The van der Waals surface area contributed by atoms with Gasteiger partial charge in [-0.1, -0.05) is 44.5 Å². The molecule has 0 amide bonds. The van der Waals surface area contributed by atoms with Crippen molar-refractivity contribution in [2.24, 2.45) is 22.1 Å². The summed E-state index contributed by atoms with van der Waals surface area (Å²) < 4.78 is 0. The molecular weight excluding hydrogens is 270 g/mol. The van der Waals surface area contributed by atoms with Crippen LogP contribution in [0.15, 0.2) is 29.3 Å². The van der Waals surface area contributed by atoms with Gasteiger partial charge in [-0.3, -0.25) is 4.99 Å². The van der Waals surface area contributed by atoms with Gasteiger partial charge in [-0.15, -0.1) is 0 Å². The van der Waals surface area contributed by atoms with Gasteiger partial charge in [-0.05, 0) is 36.3 Å². The number of nitrogens with zero attached hydrogens (tertiary/aromatic N) is 2. The summed E-state index contributed by atoms with van der Waals surface area (Å²) in [5.74, 6) is 1.14. The second-order valence-corrected chi connectivity index (χ2v) is 7.42. The quantitative estimate of drug-likeness (QED) is 0.858. The molecule has 108 valence electrons. The third-order valence-corrected chi connectivity index (χ3v) is 5.16. The zero-order valence-electron chi connectivity index (χ0n) is 12.4. The zero-order valence-corrected chi connectivity index (χ0v) is 13.1. The fraction of sp³-hybridized carbons (Fsp3) is 0.562. The van der Waals surface area contributed by atoms with Crippen LogP contribution in [0.2, 0.25) is 5.02 Å². The summed E-state index contributed by atoms with van der Waals surface area (Å²) in [6, 6.07) is 7.91. The van der Waals surface area contributed by atoms with E-state index in [1.165, 1.54) is 6.42 Å². The van der Waals surface area contributed by atoms with E-state index in [1.54, 1.807) is 0 Å². The Morgan fingerprint density at radius 1 is 1.35 bits per heavy atom. The third kappa shape index (κ3) is 1.91. The van der Waals surface area contributed by atoms with Gasteiger partial charge in [0.2, 0.25) is 0 Å². The van der Waals surface area contributed by atoms with Crippen LogP contribution in [0.4, 0.5) is 5.69 Å². The number of rotatable bonds is 1. The highest BCUT2D eigenvalue weighted by Gasteiger charge is 2.55. The van der Waals surface area contributed by atoms with Gasteiger partial charge < -0.3 is 10.6 Å². The van der Waals surface area contributed by atoms with Crippen molar-refractivity contribution in [1.82, 2.24) is 0 Å². The predicted octanol–water partition coefficient (Wildman–Crippen LogP) is 3.67. The van der Waals surface area contributed by atoms with Crippen LogP contribution in [-0.4, -0.2) is 18.0 Å². The SMILES string of the molecule is CC1CC(C)(C)CC12CN=C(N)N2c1ccccc1Cl. The fourth-order valence-corrected chi connectivity index (χ4v) is 4.41. The molecule has 2 N–H and O–H groups in total. The van der Waals surface area contributed by atoms with E-state index in [2.05, 4.69) is 30.7 Å². The van der Waals surface area contributed by atoms with Crippen molar-refractivity contribution in [3.8, 4) is 0 Å². The van der Waals surface area contributed by atoms with Crippen molar-refractivity contribution in [1.29, 1.82) is 0 Å². The smallest absolute Gasteiger partial charge is 0.196 e. The zero-order chi connectivity index (χ0) is 14.5. The van der Waals surface area contributed by atoms with Gasteiger partial charge in [0.1, 0.15) is 0 Å². The Kier molecular flexibility index (Phi) is 3.02. The molecule has 3 nitrogen and oxygen atoms in total. The van der Waals surface area contributed by atoms with Crippen molar-refractivity contribution >= 4 is 23.2 Å². The van der Waals surface area contributed by atoms with Crippen molar-refractivity contribution in [3.05, 3.63) is 29.3 Å². The van der Waals surface area contributed by atoms with Gasteiger partial charge in [0, 0.05) is 0 Å². The van der Waals surface area contributed by atoms with Gasteiger partial charge in [0.25, 0.3) is 0 Å². The minimum Gasteiger partial charge on any atom is -0.369 e. The lowest BCUT2D eigenvalue weighted by Crippen LogP contribution is -2.54. The Hall–Kier alpha value is -1.22. The van der Waals surface area contributed by atoms with Crippen molar-refractivity contribution in [3.63, 3.8) is 0 Å². The molecule has 1 aliphatic heterocycles. The van der Waals surface area contributed by atoms with Crippen LogP contribution >= 0.6 is 11.6 Å². The van der Waals surface area contributed by atoms with E-state index in [9.17, 15) is 0 Å². The maximum atomic E-state index is 6.40. The first-order valence-corrected chi connectivity index (χ1v) is 7.58. The van der Waals surface area contributed by atoms with E-state index >= 15 is 0 Å². The second-order valence-electron chi connectivity index (χ2n) is 7.01. The molecule has 0 radical (unpaired) electrons. The average Bonchev–Trinajstić information content (AvgIpc) is 2.79. The maximum Gasteiger partial charge on any atom is 0.196 e. The number of nitrogens with two attached hydrogens (primary N) is 1. The fourth-order valence-electron chi connectivity index (χ4n) is 4.19. The molecular formula is C16H22ClN3. The molecule has 20 heavy (non-hydrogen) atoms. The summed E-state index contributed by atoms with van der Waals surface area (Å²) in [6.07, 6.45) is 2.29. The van der Waals surface area contributed by atoms with Crippen molar-refractivity contribution < 1.29 is 0 Å². The van der Waals surface area contributed by atoms with Gasteiger partial charge in [-0.25, -0.2) is 0 Å². The first-order valence-electron chi connectivity index (χ1n) is 7.20. The number of benzene rings is 1. The van der Waals surface area contributed by atoms with Crippen LogP contribution in [0, 0.1) is 11.3 Å². The van der Waals surface area contributed by atoms with Crippen LogP contribution in [0.3, 0.4) is 0 Å². The Labute approximate surface area is 125 Å². The molecule has 2 atom stereocenters. The van der Waals surface area contributed by atoms with E-state index in [-0.39, 0.29) is 5.54 Å². The number of hydrogen-bond acceptors (Lipinski definition) is 3. The first kappa shape index (κ1) is 13.7. The maximum absolute atomic E-state index is 6.40. The second kappa shape index (κ2) is 4.39. The van der Waals surface area contributed by atoms with Gasteiger partial charge >= 0.3 is 0 Å². The average molecular weight is 292 g/mol. The number of aliphatic imine (C=N–C) groups is 1. The topological polar surface area (TPSA) is 41.6 Å². The lowest BCUT2D eigenvalue weighted by molar-refractivity contribution is 0.341. The molecule has 1 heterocycles. The monoisotopic (exact) mass is 291 g/mol. The Morgan fingerprint density at radius 2 is 2.05 bits per heavy atom. The number of guanidine groups is 1. The van der Waals surface area contributed by atoms with E-state index in [0.717, 1.165) is 23.7 Å². The molecule has 1 saturated carbocycles.